The summed E-state index contributed by atoms with van der Waals surface area (Å²) in [5.74, 6) is 0. The molecule has 0 unspecified atom stereocenters. The van der Waals surface area contributed by atoms with E-state index in [1.165, 1.54) is 23.3 Å². The summed E-state index contributed by atoms with van der Waals surface area (Å²) in [7, 11) is 2.13. The minimum absolute atomic E-state index is 0.235. The topological polar surface area (TPSA) is 73.4 Å². The molecule has 3 rings (SSSR count). The molecule has 0 radical (unpaired) electrons. The van der Waals surface area contributed by atoms with E-state index in [0.717, 1.165) is 37.6 Å². The summed E-state index contributed by atoms with van der Waals surface area (Å²) in [6.07, 6.45) is 0. The van der Waals surface area contributed by atoms with Crippen LogP contribution in [-0.4, -0.2) is 71.5 Å². The van der Waals surface area contributed by atoms with E-state index in [-0.39, 0.29) is 6.03 Å². The van der Waals surface area contributed by atoms with Crippen molar-refractivity contribution in [1.29, 1.82) is 0 Å². The first-order valence-electron chi connectivity index (χ1n) is 8.21. The van der Waals surface area contributed by atoms with E-state index in [2.05, 4.69) is 36.8 Å². The number of anilines is 1. The minimum atomic E-state index is -0.235. The zero-order valence-corrected chi connectivity index (χ0v) is 15.8. The second-order valence-corrected chi connectivity index (χ2v) is 7.62. The van der Waals surface area contributed by atoms with E-state index < -0.39 is 0 Å². The van der Waals surface area contributed by atoms with Crippen LogP contribution in [0.15, 0.2) is 40.4 Å². The van der Waals surface area contributed by atoms with Gasteiger partial charge in [0.1, 0.15) is 0 Å². The summed E-state index contributed by atoms with van der Waals surface area (Å²) in [6, 6.07) is 9.69. The van der Waals surface area contributed by atoms with Crippen LogP contribution in [-0.2, 0) is 0 Å². The quantitative estimate of drug-likeness (QED) is 0.802. The smallest absolute Gasteiger partial charge is 0.321 e. The fourth-order valence-electron chi connectivity index (χ4n) is 2.44. The van der Waals surface area contributed by atoms with Gasteiger partial charge in [-0.1, -0.05) is 18.2 Å². The van der Waals surface area contributed by atoms with Crippen molar-refractivity contribution in [2.24, 2.45) is 0 Å². The highest BCUT2D eigenvalue weighted by atomic mass is 32.2. The molecule has 0 bridgehead atoms. The van der Waals surface area contributed by atoms with Crippen LogP contribution >= 0.6 is 23.3 Å². The molecule has 1 aromatic heterocycles. The molecule has 7 nitrogen and oxygen atoms in total. The molecule has 2 amide bonds. The Morgan fingerprint density at radius 3 is 2.76 bits per heavy atom. The van der Waals surface area contributed by atoms with E-state index in [1.54, 1.807) is 0 Å². The number of aromatic nitrogens is 2. The Bertz CT molecular complexity index is 672. The lowest BCUT2D eigenvalue weighted by atomic mass is 10.3. The maximum absolute atomic E-state index is 12.0. The summed E-state index contributed by atoms with van der Waals surface area (Å²) in [4.78, 5) is 22.0. The van der Waals surface area contributed by atoms with Crippen LogP contribution in [0.5, 0.6) is 0 Å². The Labute approximate surface area is 156 Å². The van der Waals surface area contributed by atoms with Crippen LogP contribution in [0.4, 0.5) is 9.93 Å². The lowest BCUT2D eigenvalue weighted by molar-refractivity contribution is 0.155. The van der Waals surface area contributed by atoms with Gasteiger partial charge in [0.2, 0.25) is 10.3 Å². The first-order chi connectivity index (χ1) is 12.2. The molecule has 0 atom stereocenters. The van der Waals surface area contributed by atoms with Gasteiger partial charge in [-0.05, 0) is 30.9 Å². The molecule has 1 aliphatic heterocycles. The summed E-state index contributed by atoms with van der Waals surface area (Å²) in [5.41, 5.74) is 0. The molecule has 2 N–H and O–H groups in total. The third-order valence-corrected chi connectivity index (χ3v) is 5.51. The van der Waals surface area contributed by atoms with Gasteiger partial charge in [-0.2, -0.15) is 9.36 Å². The predicted molar refractivity (Wildman–Crippen MR) is 101 cm³/mol. The molecule has 1 aromatic carbocycles. The molecular formula is C16H22N6OS2. The Morgan fingerprint density at radius 1 is 1.24 bits per heavy atom. The van der Waals surface area contributed by atoms with Gasteiger partial charge in [-0.3, -0.25) is 10.2 Å². The molecule has 134 valence electrons. The van der Waals surface area contributed by atoms with E-state index in [1.807, 2.05) is 30.3 Å². The Kier molecular flexibility index (Phi) is 6.62. The fraction of sp³-hybridized carbons (Fsp3) is 0.438. The van der Waals surface area contributed by atoms with Gasteiger partial charge in [0.25, 0.3) is 0 Å². The molecule has 0 spiro atoms. The molecular weight excluding hydrogens is 356 g/mol. The largest absolute Gasteiger partial charge is 0.337 e. The average molecular weight is 379 g/mol. The molecule has 1 aliphatic rings. The highest BCUT2D eigenvalue weighted by molar-refractivity contribution is 7.99. The lowest BCUT2D eigenvalue weighted by Crippen LogP contribution is -2.47. The molecule has 0 aliphatic carbocycles. The van der Waals surface area contributed by atoms with Crippen LogP contribution in [0.3, 0.4) is 0 Å². The molecule has 25 heavy (non-hydrogen) atoms. The number of hydrogen-bond acceptors (Lipinski definition) is 7. The Balaban J connectivity index is 1.38. The van der Waals surface area contributed by atoms with Gasteiger partial charge in [0.05, 0.1) is 0 Å². The Morgan fingerprint density at radius 2 is 2.00 bits per heavy atom. The first kappa shape index (κ1) is 18.1. The van der Waals surface area contributed by atoms with Crippen molar-refractivity contribution in [1.82, 2.24) is 24.5 Å². The second-order valence-electron chi connectivity index (χ2n) is 5.82. The van der Waals surface area contributed by atoms with Crippen molar-refractivity contribution in [2.75, 3.05) is 51.6 Å². The van der Waals surface area contributed by atoms with Crippen molar-refractivity contribution in [3.05, 3.63) is 30.3 Å². The SMILES string of the molecule is CN1CCN(CCNC(=O)Nc2nc(Sc3ccccc3)ns2)CC1. The maximum Gasteiger partial charge on any atom is 0.321 e. The summed E-state index contributed by atoms with van der Waals surface area (Å²) in [6.45, 7) is 5.76. The first-order valence-corrected chi connectivity index (χ1v) is 9.80. The van der Waals surface area contributed by atoms with Gasteiger partial charge in [-0.15, -0.1) is 0 Å². The summed E-state index contributed by atoms with van der Waals surface area (Å²) < 4.78 is 4.26. The third kappa shape index (κ3) is 5.96. The van der Waals surface area contributed by atoms with Crippen LogP contribution < -0.4 is 10.6 Å². The standard InChI is InChI=1S/C16H22N6OS2/c1-21-9-11-22(12-10-21)8-7-17-14(23)18-15-19-16(20-25-15)24-13-5-3-2-4-6-13/h2-6H,7-12H2,1H3,(H2,17,18,19,20,23). The number of benzene rings is 1. The zero-order chi connectivity index (χ0) is 17.5. The number of hydrogen-bond donors (Lipinski definition) is 2. The summed E-state index contributed by atoms with van der Waals surface area (Å²) >= 11 is 2.67. The van der Waals surface area contributed by atoms with Gasteiger partial charge < -0.3 is 10.2 Å². The third-order valence-electron chi connectivity index (χ3n) is 3.89. The summed E-state index contributed by atoms with van der Waals surface area (Å²) in [5, 5.41) is 6.78. The maximum atomic E-state index is 12.0. The van der Waals surface area contributed by atoms with E-state index in [4.69, 9.17) is 0 Å². The molecule has 9 heteroatoms. The number of carbonyl (C=O) groups is 1. The minimum Gasteiger partial charge on any atom is -0.337 e. The lowest BCUT2D eigenvalue weighted by Gasteiger charge is -2.32. The number of carbonyl (C=O) groups excluding carboxylic acids is 1. The van der Waals surface area contributed by atoms with Gasteiger partial charge >= 0.3 is 6.03 Å². The van der Waals surface area contributed by atoms with Gasteiger partial charge in [0, 0.05) is 55.7 Å². The highest BCUT2D eigenvalue weighted by Gasteiger charge is 2.14. The molecule has 2 aromatic rings. The normalized spacial score (nSPS) is 15.9. The number of amides is 2. The van der Waals surface area contributed by atoms with Crippen molar-refractivity contribution in [3.63, 3.8) is 0 Å². The molecule has 0 saturated carbocycles. The van der Waals surface area contributed by atoms with Crippen molar-refractivity contribution in [2.45, 2.75) is 10.1 Å². The van der Waals surface area contributed by atoms with Crippen LogP contribution in [0.1, 0.15) is 0 Å². The molecule has 1 fully saturated rings. The van der Waals surface area contributed by atoms with Crippen LogP contribution in [0.25, 0.3) is 0 Å². The number of nitrogens with zero attached hydrogens (tertiary/aromatic N) is 4. The molecule has 1 saturated heterocycles. The average Bonchev–Trinajstić information content (AvgIpc) is 3.04. The number of likely N-dealkylation sites (N-methyl/N-ethyl adjacent to an activating group) is 1. The predicted octanol–water partition coefficient (Wildman–Crippen LogP) is 2.06. The Hall–Kier alpha value is -1.68. The fourth-order valence-corrected chi connectivity index (χ4v) is 3.87. The van der Waals surface area contributed by atoms with E-state index in [9.17, 15) is 4.79 Å². The number of urea groups is 1. The van der Waals surface area contributed by atoms with Gasteiger partial charge in [0.15, 0.2) is 0 Å². The number of piperazine rings is 1. The zero-order valence-electron chi connectivity index (χ0n) is 14.1. The monoisotopic (exact) mass is 378 g/mol. The van der Waals surface area contributed by atoms with E-state index >= 15 is 0 Å². The van der Waals surface area contributed by atoms with Crippen LogP contribution in [0.2, 0.25) is 0 Å². The number of rotatable bonds is 6. The molecule has 2 heterocycles. The highest BCUT2D eigenvalue weighted by Crippen LogP contribution is 2.27. The second kappa shape index (κ2) is 9.14. The van der Waals surface area contributed by atoms with Crippen LogP contribution in [0, 0.1) is 0 Å². The van der Waals surface area contributed by atoms with Crippen molar-refractivity contribution < 1.29 is 4.79 Å². The van der Waals surface area contributed by atoms with Crippen molar-refractivity contribution in [3.8, 4) is 0 Å². The van der Waals surface area contributed by atoms with Gasteiger partial charge in [-0.25, -0.2) is 4.79 Å². The van der Waals surface area contributed by atoms with Crippen molar-refractivity contribution >= 4 is 34.5 Å². The number of nitrogens with one attached hydrogen (secondary N) is 2. The van der Waals surface area contributed by atoms with E-state index in [0.29, 0.717) is 16.8 Å².